The first-order valence-electron chi connectivity index (χ1n) is 8.47. The lowest BCUT2D eigenvalue weighted by Gasteiger charge is -2.49. The lowest BCUT2D eigenvalue weighted by atomic mass is 9.60. The highest BCUT2D eigenvalue weighted by Crippen LogP contribution is 2.57. The van der Waals surface area contributed by atoms with Gasteiger partial charge in [-0.25, -0.2) is 0 Å². The summed E-state index contributed by atoms with van der Waals surface area (Å²) in [6, 6.07) is 1.78. The SMILES string of the molecule is CC(C)c1cc(C=O)c2c(c1O)O[C@@H](O)[C@@H]1[C@@H]2CCCC1(C)C. The van der Waals surface area contributed by atoms with Crippen LogP contribution in [0.25, 0.3) is 0 Å². The number of ether oxygens (including phenoxy) is 1. The molecule has 1 aromatic rings. The summed E-state index contributed by atoms with van der Waals surface area (Å²) in [6.07, 6.45) is 2.88. The van der Waals surface area contributed by atoms with E-state index in [9.17, 15) is 15.0 Å². The van der Waals surface area contributed by atoms with E-state index in [4.69, 9.17) is 4.74 Å². The molecule has 2 N–H and O–H groups in total. The fourth-order valence-electron chi connectivity index (χ4n) is 4.51. The second-order valence-corrected chi connectivity index (χ2v) is 7.94. The fraction of sp³-hybridized carbons (Fsp3) is 0.632. The molecule has 0 spiro atoms. The first-order chi connectivity index (χ1) is 10.8. The summed E-state index contributed by atoms with van der Waals surface area (Å²) in [5, 5.41) is 21.2. The van der Waals surface area contributed by atoms with Gasteiger partial charge in [0.05, 0.1) is 0 Å². The first kappa shape index (κ1) is 16.3. The summed E-state index contributed by atoms with van der Waals surface area (Å²) < 4.78 is 5.75. The highest BCUT2D eigenvalue weighted by atomic mass is 16.6. The average molecular weight is 318 g/mol. The number of phenolic OH excluding ortho intramolecular Hbond substituents is 1. The van der Waals surface area contributed by atoms with Gasteiger partial charge in [-0.05, 0) is 36.2 Å². The summed E-state index contributed by atoms with van der Waals surface area (Å²) in [5.41, 5.74) is 1.99. The van der Waals surface area contributed by atoms with Gasteiger partial charge in [0.15, 0.2) is 11.5 Å². The normalized spacial score (nSPS) is 28.7. The zero-order valence-corrected chi connectivity index (χ0v) is 14.3. The number of aromatic hydroxyl groups is 1. The maximum absolute atomic E-state index is 11.7. The Balaban J connectivity index is 2.22. The van der Waals surface area contributed by atoms with Gasteiger partial charge >= 0.3 is 0 Å². The van der Waals surface area contributed by atoms with E-state index < -0.39 is 6.29 Å². The predicted octanol–water partition coefficient (Wildman–Crippen LogP) is 3.95. The van der Waals surface area contributed by atoms with Crippen LogP contribution in [-0.2, 0) is 0 Å². The number of aldehydes is 1. The minimum Gasteiger partial charge on any atom is -0.504 e. The molecule has 1 fully saturated rings. The van der Waals surface area contributed by atoms with Gasteiger partial charge in [-0.15, -0.1) is 0 Å². The van der Waals surface area contributed by atoms with Crippen molar-refractivity contribution in [2.24, 2.45) is 11.3 Å². The van der Waals surface area contributed by atoms with E-state index in [-0.39, 0.29) is 28.9 Å². The van der Waals surface area contributed by atoms with Gasteiger partial charge in [0.25, 0.3) is 0 Å². The minimum atomic E-state index is -0.949. The molecule has 0 radical (unpaired) electrons. The van der Waals surface area contributed by atoms with Crippen LogP contribution in [0.2, 0.25) is 0 Å². The Hall–Kier alpha value is -1.55. The summed E-state index contributed by atoms with van der Waals surface area (Å²) in [5.74, 6) is 0.433. The van der Waals surface area contributed by atoms with E-state index in [1.165, 1.54) is 0 Å². The van der Waals surface area contributed by atoms with Crippen LogP contribution in [0.5, 0.6) is 11.5 Å². The molecule has 4 heteroatoms. The van der Waals surface area contributed by atoms with Gasteiger partial charge in [0, 0.05) is 22.6 Å². The second-order valence-electron chi connectivity index (χ2n) is 7.94. The number of benzene rings is 1. The molecule has 1 heterocycles. The smallest absolute Gasteiger partial charge is 0.201 e. The Labute approximate surface area is 137 Å². The van der Waals surface area contributed by atoms with Gasteiger partial charge in [-0.1, -0.05) is 34.1 Å². The average Bonchev–Trinajstić information content (AvgIpc) is 2.47. The van der Waals surface area contributed by atoms with Crippen LogP contribution in [0.15, 0.2) is 6.07 Å². The Kier molecular flexibility index (Phi) is 3.91. The van der Waals surface area contributed by atoms with Crippen LogP contribution in [-0.4, -0.2) is 22.8 Å². The maximum Gasteiger partial charge on any atom is 0.201 e. The standard InChI is InChI=1S/C19H26O4/c1-10(2)13-8-11(9-20)14-12-6-5-7-19(3,4)15(12)18(22)23-17(14)16(13)21/h8-10,12,15,18,21-22H,5-7H2,1-4H3/t12-,15+,18-/m1/s1. The van der Waals surface area contributed by atoms with E-state index in [1.807, 2.05) is 13.8 Å². The number of aliphatic hydroxyl groups excluding tert-OH is 1. The third-order valence-electron chi connectivity index (χ3n) is 5.69. The number of phenols is 1. The summed E-state index contributed by atoms with van der Waals surface area (Å²) in [7, 11) is 0. The third-order valence-corrected chi connectivity index (χ3v) is 5.69. The number of fused-ring (bicyclic) bond motifs is 3. The molecule has 0 saturated heterocycles. The maximum atomic E-state index is 11.7. The van der Waals surface area contributed by atoms with Crippen molar-refractivity contribution in [3.8, 4) is 11.5 Å². The van der Waals surface area contributed by atoms with Crippen molar-refractivity contribution in [2.75, 3.05) is 0 Å². The van der Waals surface area contributed by atoms with Crippen molar-refractivity contribution in [2.45, 2.75) is 65.1 Å². The van der Waals surface area contributed by atoms with Crippen molar-refractivity contribution in [3.05, 3.63) is 22.8 Å². The molecule has 1 aliphatic carbocycles. The molecule has 4 nitrogen and oxygen atoms in total. The molecule has 0 amide bonds. The van der Waals surface area contributed by atoms with Gasteiger partial charge in [0.2, 0.25) is 6.29 Å². The molecular formula is C19H26O4. The molecule has 0 unspecified atom stereocenters. The van der Waals surface area contributed by atoms with E-state index in [0.717, 1.165) is 31.1 Å². The van der Waals surface area contributed by atoms with Crippen LogP contribution in [0.3, 0.4) is 0 Å². The lowest BCUT2D eigenvalue weighted by Crippen LogP contribution is -2.47. The molecule has 1 aromatic carbocycles. The molecule has 1 aliphatic heterocycles. The second kappa shape index (κ2) is 5.52. The van der Waals surface area contributed by atoms with Crippen molar-refractivity contribution < 1.29 is 19.7 Å². The van der Waals surface area contributed by atoms with Crippen molar-refractivity contribution in [1.29, 1.82) is 0 Å². The summed E-state index contributed by atoms with van der Waals surface area (Å²) >= 11 is 0. The number of aliphatic hydroxyl groups is 1. The van der Waals surface area contributed by atoms with Crippen LogP contribution in [0.1, 0.15) is 80.3 Å². The number of carbonyl (C=O) groups excluding carboxylic acids is 1. The zero-order chi connectivity index (χ0) is 16.9. The molecule has 1 saturated carbocycles. The fourth-order valence-corrected chi connectivity index (χ4v) is 4.51. The number of hydrogen-bond acceptors (Lipinski definition) is 4. The highest BCUT2D eigenvalue weighted by Gasteiger charge is 2.49. The van der Waals surface area contributed by atoms with Gasteiger partial charge in [0.1, 0.15) is 6.29 Å². The Morgan fingerprint density at radius 3 is 2.70 bits per heavy atom. The van der Waals surface area contributed by atoms with Gasteiger partial charge < -0.3 is 14.9 Å². The topological polar surface area (TPSA) is 66.8 Å². The van der Waals surface area contributed by atoms with Crippen molar-refractivity contribution >= 4 is 6.29 Å². The molecule has 3 atom stereocenters. The quantitative estimate of drug-likeness (QED) is 0.810. The first-order valence-corrected chi connectivity index (χ1v) is 8.47. The summed E-state index contributed by atoms with van der Waals surface area (Å²) in [4.78, 5) is 11.7. The molecule has 3 rings (SSSR count). The van der Waals surface area contributed by atoms with E-state index >= 15 is 0 Å². The molecule has 23 heavy (non-hydrogen) atoms. The van der Waals surface area contributed by atoms with Crippen LogP contribution >= 0.6 is 0 Å². The Morgan fingerprint density at radius 1 is 1.39 bits per heavy atom. The lowest BCUT2D eigenvalue weighted by molar-refractivity contribution is -0.133. The highest BCUT2D eigenvalue weighted by molar-refractivity contribution is 5.82. The molecule has 0 bridgehead atoms. The molecule has 2 aliphatic rings. The molecular weight excluding hydrogens is 292 g/mol. The third kappa shape index (κ3) is 2.44. The van der Waals surface area contributed by atoms with Gasteiger partial charge in [-0.3, -0.25) is 4.79 Å². The van der Waals surface area contributed by atoms with Crippen LogP contribution < -0.4 is 4.74 Å². The van der Waals surface area contributed by atoms with Gasteiger partial charge in [-0.2, -0.15) is 0 Å². The molecule has 0 aromatic heterocycles. The van der Waals surface area contributed by atoms with E-state index in [1.54, 1.807) is 6.07 Å². The number of hydrogen-bond donors (Lipinski definition) is 2. The van der Waals surface area contributed by atoms with Crippen LogP contribution in [0.4, 0.5) is 0 Å². The van der Waals surface area contributed by atoms with Crippen molar-refractivity contribution in [1.82, 2.24) is 0 Å². The molecule has 126 valence electrons. The van der Waals surface area contributed by atoms with E-state index in [0.29, 0.717) is 16.9 Å². The Morgan fingerprint density at radius 2 is 2.09 bits per heavy atom. The zero-order valence-electron chi connectivity index (χ0n) is 14.3. The number of carbonyl (C=O) groups is 1. The predicted molar refractivity (Wildman–Crippen MR) is 88.1 cm³/mol. The Bertz CT molecular complexity index is 633. The largest absolute Gasteiger partial charge is 0.504 e. The summed E-state index contributed by atoms with van der Waals surface area (Å²) in [6.45, 7) is 8.21. The van der Waals surface area contributed by atoms with Crippen LogP contribution in [0, 0.1) is 11.3 Å². The van der Waals surface area contributed by atoms with E-state index in [2.05, 4.69) is 13.8 Å². The number of rotatable bonds is 2. The van der Waals surface area contributed by atoms with Crippen molar-refractivity contribution in [3.63, 3.8) is 0 Å². The minimum absolute atomic E-state index is 0.0461. The monoisotopic (exact) mass is 318 g/mol.